The zero-order valence-corrected chi connectivity index (χ0v) is 27.6. The van der Waals surface area contributed by atoms with E-state index in [1.807, 2.05) is 115 Å². The molecule has 1 N–H and O–H groups in total. The number of carbonyl (C=O) groups is 1. The van der Waals surface area contributed by atoms with Gasteiger partial charge in [0.1, 0.15) is 11.6 Å². The van der Waals surface area contributed by atoms with Gasteiger partial charge in [0.25, 0.3) is 0 Å². The van der Waals surface area contributed by atoms with Crippen molar-refractivity contribution < 1.29 is 22.7 Å². The molecular weight excluding hydrogens is 623 g/mol. The number of aliphatic imine (C=N–C) groups is 1. The minimum atomic E-state index is -3.68. The lowest BCUT2D eigenvalue weighted by atomic mass is 9.79. The monoisotopic (exact) mass is 659 g/mol. The topological polar surface area (TPSA) is 97.3 Å². The van der Waals surface area contributed by atoms with Crippen molar-refractivity contribution in [3.8, 4) is 5.75 Å². The Morgan fingerprint density at radius 2 is 1.38 bits per heavy atom. The van der Waals surface area contributed by atoms with Gasteiger partial charge in [-0.1, -0.05) is 103 Å². The van der Waals surface area contributed by atoms with Crippen LogP contribution in [0.25, 0.3) is 0 Å². The molecule has 244 valence electrons. The summed E-state index contributed by atoms with van der Waals surface area (Å²) in [6.07, 6.45) is 0. The Balaban J connectivity index is 1.48. The number of hydrogen-bond acceptors (Lipinski definition) is 7. The van der Waals surface area contributed by atoms with Crippen LogP contribution >= 0.6 is 0 Å². The van der Waals surface area contributed by atoms with Crippen molar-refractivity contribution in [2.24, 2.45) is 4.99 Å². The van der Waals surface area contributed by atoms with Gasteiger partial charge in [-0.25, -0.2) is 18.2 Å². The van der Waals surface area contributed by atoms with E-state index in [0.29, 0.717) is 34.9 Å². The number of methoxy groups -OCH3 is 1. The number of ether oxygens (including phenoxy) is 2. The van der Waals surface area contributed by atoms with E-state index in [1.165, 1.54) is 0 Å². The Kier molecular flexibility index (Phi) is 9.59. The highest BCUT2D eigenvalue weighted by Gasteiger charge is 2.57. The van der Waals surface area contributed by atoms with Crippen LogP contribution in [-0.2, 0) is 37.4 Å². The number of nitrogens with one attached hydrogen (secondary N) is 1. The molecule has 6 rings (SSSR count). The molecule has 0 aromatic heterocycles. The number of hydrogen-bond donors (Lipinski definition) is 1. The molecule has 0 amide bonds. The molecule has 0 spiro atoms. The summed E-state index contributed by atoms with van der Waals surface area (Å²) in [7, 11) is -2.06. The van der Waals surface area contributed by atoms with E-state index < -0.39 is 27.6 Å². The summed E-state index contributed by atoms with van der Waals surface area (Å²) < 4.78 is 40.1. The molecule has 0 radical (unpaired) electrons. The Morgan fingerprint density at radius 1 is 0.792 bits per heavy atom. The van der Waals surface area contributed by atoms with Crippen LogP contribution in [-0.4, -0.2) is 38.8 Å². The molecule has 2 atom stereocenters. The minimum absolute atomic E-state index is 0.151. The second kappa shape index (κ2) is 14.1. The van der Waals surface area contributed by atoms with Gasteiger partial charge in [0.05, 0.1) is 25.5 Å². The van der Waals surface area contributed by atoms with Crippen molar-refractivity contribution in [3.05, 3.63) is 167 Å². The van der Waals surface area contributed by atoms with E-state index >= 15 is 0 Å². The van der Waals surface area contributed by atoms with Gasteiger partial charge in [-0.15, -0.1) is 0 Å². The number of sulfonamides is 1. The second-order valence-corrected chi connectivity index (χ2v) is 13.2. The summed E-state index contributed by atoms with van der Waals surface area (Å²) in [4.78, 5) is 21.8. The number of amidine groups is 1. The van der Waals surface area contributed by atoms with E-state index in [2.05, 4.69) is 9.62 Å². The molecule has 0 saturated carbocycles. The quantitative estimate of drug-likeness (QED) is 0.144. The number of rotatable bonds is 12. The van der Waals surface area contributed by atoms with Crippen molar-refractivity contribution in [3.63, 3.8) is 0 Å². The molecule has 9 heteroatoms. The van der Waals surface area contributed by atoms with E-state index in [4.69, 9.17) is 14.5 Å². The molecule has 1 aliphatic rings. The molecule has 0 aliphatic carbocycles. The van der Waals surface area contributed by atoms with Gasteiger partial charge in [0.2, 0.25) is 15.6 Å². The first kappa shape index (κ1) is 32.5. The van der Waals surface area contributed by atoms with E-state index in [9.17, 15) is 13.2 Å². The van der Waals surface area contributed by atoms with Crippen molar-refractivity contribution in [2.75, 3.05) is 18.4 Å². The van der Waals surface area contributed by atoms with Crippen molar-refractivity contribution in [1.82, 2.24) is 4.90 Å². The van der Waals surface area contributed by atoms with Gasteiger partial charge in [0, 0.05) is 17.8 Å². The van der Waals surface area contributed by atoms with Crippen LogP contribution in [0.5, 0.6) is 5.75 Å². The summed E-state index contributed by atoms with van der Waals surface area (Å²) >= 11 is 0. The summed E-state index contributed by atoms with van der Waals surface area (Å²) in [6.45, 7) is 2.40. The van der Waals surface area contributed by atoms with Gasteiger partial charge in [-0.2, -0.15) is 0 Å². The lowest BCUT2D eigenvalue weighted by Crippen LogP contribution is -2.44. The van der Waals surface area contributed by atoms with Crippen LogP contribution in [0.15, 0.2) is 145 Å². The lowest BCUT2D eigenvalue weighted by molar-refractivity contribution is -0.151. The zero-order valence-electron chi connectivity index (χ0n) is 26.8. The van der Waals surface area contributed by atoms with E-state index in [1.54, 1.807) is 38.3 Å². The van der Waals surface area contributed by atoms with Gasteiger partial charge in [0.15, 0.2) is 0 Å². The Hall–Kier alpha value is -5.41. The van der Waals surface area contributed by atoms with Gasteiger partial charge in [-0.3, -0.25) is 4.72 Å². The molecule has 0 unspecified atom stereocenters. The number of anilines is 1. The number of esters is 1. The number of carbonyl (C=O) groups excluding carboxylic acids is 1. The Bertz CT molecular complexity index is 1970. The molecule has 8 nitrogen and oxygen atoms in total. The van der Waals surface area contributed by atoms with Gasteiger partial charge in [-0.05, 0) is 65.6 Å². The molecule has 1 aliphatic heterocycles. The first-order valence-corrected chi connectivity index (χ1v) is 17.4. The highest BCUT2D eigenvalue weighted by atomic mass is 32.2. The third-order valence-corrected chi connectivity index (χ3v) is 9.57. The average molecular weight is 660 g/mol. The molecule has 5 aromatic carbocycles. The zero-order chi connectivity index (χ0) is 33.6. The highest BCUT2D eigenvalue weighted by Crippen LogP contribution is 2.50. The highest BCUT2D eigenvalue weighted by molar-refractivity contribution is 7.91. The predicted octanol–water partition coefficient (Wildman–Crippen LogP) is 7.10. The summed E-state index contributed by atoms with van der Waals surface area (Å²) in [5, 5.41) is 0. The fourth-order valence-corrected chi connectivity index (χ4v) is 7.35. The fourth-order valence-electron chi connectivity index (χ4n) is 6.15. The van der Waals surface area contributed by atoms with Crippen LogP contribution < -0.4 is 9.46 Å². The molecule has 48 heavy (non-hydrogen) atoms. The average Bonchev–Trinajstić information content (AvgIpc) is 3.45. The minimum Gasteiger partial charge on any atom is -0.497 e. The van der Waals surface area contributed by atoms with Crippen LogP contribution in [0.1, 0.15) is 40.8 Å². The van der Waals surface area contributed by atoms with Crippen LogP contribution in [0.4, 0.5) is 5.69 Å². The smallest absolute Gasteiger partial charge is 0.341 e. The molecule has 0 bridgehead atoms. The normalized spacial score (nSPS) is 17.4. The van der Waals surface area contributed by atoms with Gasteiger partial charge >= 0.3 is 5.97 Å². The Labute approximate surface area is 281 Å². The van der Waals surface area contributed by atoms with Crippen molar-refractivity contribution in [2.45, 2.75) is 30.8 Å². The molecule has 0 saturated heterocycles. The number of nitrogens with zero attached hydrogens (tertiary/aromatic N) is 2. The summed E-state index contributed by atoms with van der Waals surface area (Å²) in [5.41, 5.74) is 2.92. The standard InChI is InChI=1S/C39H37N3O5S/c1-3-47-38(43)39(33-17-11-6-12-18-33)36(31-19-23-34(24-20-31)41-48(44,45)28-30-15-9-5-10-16-30)42(27-29-13-7-4-8-14-29)37(40-39)32-21-25-35(46-2)26-22-32/h4-26,36,41H,3,27-28H2,1-2H3/t36-,39-/m0/s1. The van der Waals surface area contributed by atoms with Crippen LogP contribution in [0, 0.1) is 0 Å². The van der Waals surface area contributed by atoms with Crippen molar-refractivity contribution in [1.29, 1.82) is 0 Å². The maximum atomic E-state index is 14.4. The van der Waals surface area contributed by atoms with Crippen LogP contribution in [0.3, 0.4) is 0 Å². The predicted molar refractivity (Wildman–Crippen MR) is 188 cm³/mol. The maximum Gasteiger partial charge on any atom is 0.341 e. The second-order valence-electron chi connectivity index (χ2n) is 11.5. The van der Waals surface area contributed by atoms with Gasteiger partial charge < -0.3 is 14.4 Å². The lowest BCUT2D eigenvalue weighted by Gasteiger charge is -2.37. The third kappa shape index (κ3) is 6.82. The first-order valence-electron chi connectivity index (χ1n) is 15.7. The summed E-state index contributed by atoms with van der Waals surface area (Å²) in [6, 6.07) is 42.7. The summed E-state index contributed by atoms with van der Waals surface area (Å²) in [5.74, 6) is 0.697. The van der Waals surface area contributed by atoms with E-state index in [-0.39, 0.29) is 12.4 Å². The third-order valence-electron chi connectivity index (χ3n) is 8.31. The molecular formula is C39H37N3O5S. The Morgan fingerprint density at radius 3 is 1.96 bits per heavy atom. The SMILES string of the molecule is CCOC(=O)[C@@]1(c2ccccc2)N=C(c2ccc(OC)cc2)N(Cc2ccccc2)[C@H]1c1ccc(NS(=O)(=O)Cc2ccccc2)cc1. The van der Waals surface area contributed by atoms with Crippen LogP contribution in [0.2, 0.25) is 0 Å². The largest absolute Gasteiger partial charge is 0.497 e. The first-order chi connectivity index (χ1) is 23.3. The maximum absolute atomic E-state index is 14.4. The van der Waals surface area contributed by atoms with Crippen molar-refractivity contribution >= 4 is 27.5 Å². The molecule has 1 heterocycles. The molecule has 5 aromatic rings. The number of benzene rings is 5. The fraction of sp³-hybridized carbons (Fsp3) is 0.179. The van der Waals surface area contributed by atoms with E-state index in [0.717, 1.165) is 16.7 Å². The molecule has 0 fully saturated rings.